The van der Waals surface area contributed by atoms with Gasteiger partial charge < -0.3 is 14.2 Å². The molecule has 0 aromatic carbocycles. The molecule has 0 N–H and O–H groups in total. The monoisotopic (exact) mass is 432 g/mol. The van der Waals surface area contributed by atoms with E-state index < -0.39 is 27.6 Å². The molecule has 0 aromatic heterocycles. The number of carbonyl (C=O) groups excluding carboxylic acids is 1. The zero-order valence-electron chi connectivity index (χ0n) is 14.8. The van der Waals surface area contributed by atoms with E-state index in [0.29, 0.717) is 6.42 Å². The maximum absolute atomic E-state index is 11.7. The van der Waals surface area contributed by atoms with E-state index in [9.17, 15) is 4.79 Å². The first-order valence-electron chi connectivity index (χ1n) is 8.40. The van der Waals surface area contributed by atoms with Gasteiger partial charge in [0.1, 0.15) is 11.0 Å². The molecule has 8 heteroatoms. The fraction of sp³-hybridized carbons (Fsp3) is 0.824. The minimum Gasteiger partial charge on any atom is -0.460 e. The van der Waals surface area contributed by atoms with Crippen molar-refractivity contribution in [2.24, 2.45) is 5.92 Å². The second-order valence-electron chi connectivity index (χ2n) is 6.56. The van der Waals surface area contributed by atoms with Gasteiger partial charge in [0.15, 0.2) is 4.87 Å². The lowest BCUT2D eigenvalue weighted by Crippen LogP contribution is -2.58. The summed E-state index contributed by atoms with van der Waals surface area (Å²) in [5, 5.41) is 0.295. The molecule has 1 fully saturated rings. The van der Waals surface area contributed by atoms with Crippen LogP contribution in [0, 0.1) is 5.92 Å². The molecular formula is C17H24Cl4O4. The number of alkyl halides is 2. The summed E-state index contributed by atoms with van der Waals surface area (Å²) in [4.78, 5) is 8.89. The van der Waals surface area contributed by atoms with Crippen LogP contribution in [0.15, 0.2) is 10.1 Å². The number of hydrogen-bond donors (Lipinski definition) is 0. The van der Waals surface area contributed by atoms with Gasteiger partial charge in [-0.25, -0.2) is 0 Å². The van der Waals surface area contributed by atoms with Crippen LogP contribution in [0.1, 0.15) is 46.0 Å². The Kier molecular flexibility index (Phi) is 6.67. The Labute approximate surface area is 169 Å². The molecule has 2 aliphatic carbocycles. The largest absolute Gasteiger partial charge is 0.460 e. The number of hydrogen-bond acceptors (Lipinski definition) is 4. The third-order valence-electron chi connectivity index (χ3n) is 5.29. The zero-order valence-corrected chi connectivity index (χ0v) is 17.9. The van der Waals surface area contributed by atoms with E-state index in [1.165, 1.54) is 21.1 Å². The molecular weight excluding hydrogens is 410 g/mol. The Balaban J connectivity index is 2.52. The molecule has 4 nitrogen and oxygen atoms in total. The van der Waals surface area contributed by atoms with Crippen LogP contribution >= 0.6 is 46.4 Å². The molecule has 0 saturated heterocycles. The summed E-state index contributed by atoms with van der Waals surface area (Å²) in [6.45, 7) is 3.46. The highest BCUT2D eigenvalue weighted by Gasteiger charge is 2.85. The number of rotatable bonds is 8. The molecule has 25 heavy (non-hydrogen) atoms. The first-order chi connectivity index (χ1) is 11.7. The van der Waals surface area contributed by atoms with Crippen molar-refractivity contribution in [1.82, 2.24) is 0 Å². The highest BCUT2D eigenvalue weighted by Crippen LogP contribution is 2.73. The van der Waals surface area contributed by atoms with Crippen LogP contribution in [0.2, 0.25) is 0 Å². The van der Waals surface area contributed by atoms with Crippen LogP contribution < -0.4 is 0 Å². The number of carbonyl (C=O) groups is 1. The normalized spacial score (nSPS) is 36.2. The molecule has 2 rings (SSSR count). The molecule has 144 valence electrons. The number of methoxy groups -OCH3 is 2. The zero-order chi connectivity index (χ0) is 19.0. The number of unbranched alkanes of at least 4 members (excludes halogenated alkanes) is 3. The summed E-state index contributed by atoms with van der Waals surface area (Å²) < 4.78 is 16.9. The van der Waals surface area contributed by atoms with Crippen molar-refractivity contribution in [1.29, 1.82) is 0 Å². The van der Waals surface area contributed by atoms with E-state index in [1.54, 1.807) is 0 Å². The molecule has 0 heterocycles. The van der Waals surface area contributed by atoms with Crippen molar-refractivity contribution in [3.8, 4) is 0 Å². The van der Waals surface area contributed by atoms with Crippen molar-refractivity contribution < 1.29 is 19.0 Å². The summed E-state index contributed by atoms with van der Waals surface area (Å²) in [5.41, 5.74) is 0. The quantitative estimate of drug-likeness (QED) is 0.229. The fourth-order valence-corrected chi connectivity index (χ4v) is 6.39. The fourth-order valence-electron chi connectivity index (χ4n) is 4.24. The van der Waals surface area contributed by atoms with Gasteiger partial charge in [-0.3, -0.25) is 4.79 Å². The lowest BCUT2D eigenvalue weighted by Gasteiger charge is -2.40. The van der Waals surface area contributed by atoms with Gasteiger partial charge in [-0.2, -0.15) is 0 Å². The lowest BCUT2D eigenvalue weighted by molar-refractivity contribution is -0.223. The number of esters is 1. The predicted molar refractivity (Wildman–Crippen MR) is 100 cm³/mol. The SMILES string of the molecule is CCCCCC[C@@H]1[C@H](OC(C)=O)[C@]2(Cl)C(Cl)=C(Cl)[C@@]1(Cl)C2(OC)OC. The molecule has 1 saturated carbocycles. The molecule has 2 bridgehead atoms. The topological polar surface area (TPSA) is 44.8 Å². The smallest absolute Gasteiger partial charge is 0.302 e. The summed E-state index contributed by atoms with van der Waals surface area (Å²) in [6, 6.07) is 0. The Morgan fingerprint density at radius 3 is 2.08 bits per heavy atom. The Morgan fingerprint density at radius 1 is 1.04 bits per heavy atom. The molecule has 2 aliphatic rings. The molecule has 0 aromatic rings. The highest BCUT2D eigenvalue weighted by molar-refractivity contribution is 6.52. The van der Waals surface area contributed by atoms with Crippen molar-refractivity contribution >= 4 is 52.4 Å². The molecule has 0 unspecified atom stereocenters. The summed E-state index contributed by atoms with van der Waals surface area (Å²) in [7, 11) is 2.86. The van der Waals surface area contributed by atoms with E-state index in [-0.39, 0.29) is 16.0 Å². The summed E-state index contributed by atoms with van der Waals surface area (Å²) in [6.07, 6.45) is 3.99. The second-order valence-corrected chi connectivity index (χ2v) is 8.51. The van der Waals surface area contributed by atoms with Crippen molar-refractivity contribution in [3.63, 3.8) is 0 Å². The molecule has 0 aliphatic heterocycles. The average molecular weight is 434 g/mol. The first kappa shape index (κ1) is 21.6. The van der Waals surface area contributed by atoms with Gasteiger partial charge in [0.2, 0.25) is 5.79 Å². The van der Waals surface area contributed by atoms with Gasteiger partial charge in [0.05, 0.1) is 10.1 Å². The molecule has 0 amide bonds. The Morgan fingerprint density at radius 2 is 1.60 bits per heavy atom. The minimum absolute atomic E-state index is 0.102. The van der Waals surface area contributed by atoms with E-state index in [0.717, 1.165) is 25.7 Å². The van der Waals surface area contributed by atoms with Gasteiger partial charge in [-0.1, -0.05) is 55.8 Å². The third kappa shape index (κ3) is 2.75. The predicted octanol–water partition coefficient (Wildman–Crippen LogP) is 5.17. The third-order valence-corrected chi connectivity index (χ3v) is 7.93. The maximum Gasteiger partial charge on any atom is 0.302 e. The van der Waals surface area contributed by atoms with E-state index in [1.807, 2.05) is 0 Å². The van der Waals surface area contributed by atoms with Crippen molar-refractivity contribution in [2.75, 3.05) is 14.2 Å². The highest BCUT2D eigenvalue weighted by atomic mass is 35.5. The van der Waals surface area contributed by atoms with Crippen LogP contribution in [-0.4, -0.2) is 41.8 Å². The van der Waals surface area contributed by atoms with Crippen LogP contribution in [0.4, 0.5) is 0 Å². The first-order valence-corrected chi connectivity index (χ1v) is 9.91. The maximum atomic E-state index is 11.7. The van der Waals surface area contributed by atoms with Gasteiger partial charge >= 0.3 is 5.97 Å². The number of fused-ring (bicyclic) bond motifs is 2. The van der Waals surface area contributed by atoms with Crippen LogP contribution in [0.25, 0.3) is 0 Å². The lowest BCUT2D eigenvalue weighted by atomic mass is 9.84. The molecule has 4 atom stereocenters. The van der Waals surface area contributed by atoms with Crippen LogP contribution in [0.5, 0.6) is 0 Å². The Bertz CT molecular complexity index is 563. The second kappa shape index (κ2) is 7.73. The average Bonchev–Trinajstić information content (AvgIpc) is 2.81. The van der Waals surface area contributed by atoms with E-state index >= 15 is 0 Å². The van der Waals surface area contributed by atoms with Gasteiger partial charge in [0.25, 0.3) is 0 Å². The van der Waals surface area contributed by atoms with Gasteiger partial charge in [0, 0.05) is 27.1 Å². The van der Waals surface area contributed by atoms with E-state index in [4.69, 9.17) is 60.6 Å². The minimum atomic E-state index is -1.53. The summed E-state index contributed by atoms with van der Waals surface area (Å²) >= 11 is 26.9. The van der Waals surface area contributed by atoms with Gasteiger partial charge in [-0.15, -0.1) is 23.2 Å². The van der Waals surface area contributed by atoms with E-state index in [2.05, 4.69) is 6.92 Å². The van der Waals surface area contributed by atoms with Crippen molar-refractivity contribution in [3.05, 3.63) is 10.1 Å². The summed E-state index contributed by atoms with van der Waals surface area (Å²) in [5.74, 6) is -2.40. The van der Waals surface area contributed by atoms with Crippen molar-refractivity contribution in [2.45, 2.75) is 67.6 Å². The molecule has 0 radical (unpaired) electrons. The number of ether oxygens (including phenoxy) is 3. The standard InChI is InChI=1S/C17H24Cl4O4/c1-5-6-7-8-9-11-14(25-10(2)22)16(21)13(19)12(18)15(11,20)17(16,23-3)24-4/h11,14H,5-9H2,1-4H3/t11-,14+,15-,16-/m1/s1. The Hall–Kier alpha value is 0.290. The van der Waals surface area contributed by atoms with Gasteiger partial charge in [-0.05, 0) is 6.42 Å². The number of halogens is 4. The van der Waals surface area contributed by atoms with Crippen LogP contribution in [0.3, 0.4) is 0 Å². The molecule has 0 spiro atoms. The van der Waals surface area contributed by atoms with Crippen LogP contribution in [-0.2, 0) is 19.0 Å².